The van der Waals surface area contributed by atoms with Crippen LogP contribution in [0.25, 0.3) is 11.4 Å². The lowest BCUT2D eigenvalue weighted by Gasteiger charge is -2.25. The Hall–Kier alpha value is -5.01. The molecule has 0 radical (unpaired) electrons. The normalized spacial score (nSPS) is 21.0. The number of carbonyl (C=O) groups excluding carboxylic acids is 5. The number of aromatic nitrogens is 4. The third-order valence-electron chi connectivity index (χ3n) is 7.26. The zero-order chi connectivity index (χ0) is 32.5. The minimum atomic E-state index is -0.974. The maximum absolute atomic E-state index is 13.5. The molecule has 0 aliphatic carbocycles. The standard InChI is InChI=1S/C31H41N9O5/c1-19(2)16-24-30(44)35-20(3)28-37-27(22-10-6-5-7-11-22)38-40(28)18-25(41)33-14-9-15-39(31(45)23-12-8-13-32-23)17-26(42)34-21(4)29(43)36-24/h5-8,10-13,19-21,24,32H,9,14-18H2,1-4H3,(H,33,41)(H,34,42)(H,35,44)(H,36,43)/t20-,21+,24+/m0/s1. The number of fused-ring (bicyclic) bond motifs is 1. The molecule has 4 rings (SSSR count). The fraction of sp³-hybridized carbons (Fsp3) is 0.452. The summed E-state index contributed by atoms with van der Waals surface area (Å²) in [6.45, 7) is 7.05. The number of amides is 5. The first kappa shape index (κ1) is 32.9. The van der Waals surface area contributed by atoms with Crippen LogP contribution in [-0.4, -0.2) is 85.9 Å². The molecule has 3 atom stereocenters. The third-order valence-corrected chi connectivity index (χ3v) is 7.26. The van der Waals surface area contributed by atoms with Crippen molar-refractivity contribution in [3.05, 3.63) is 60.2 Å². The van der Waals surface area contributed by atoms with Gasteiger partial charge < -0.3 is 31.2 Å². The van der Waals surface area contributed by atoms with Crippen LogP contribution in [0, 0.1) is 5.92 Å². The van der Waals surface area contributed by atoms with Gasteiger partial charge in [0.25, 0.3) is 5.91 Å². The zero-order valence-electron chi connectivity index (χ0n) is 26.0. The van der Waals surface area contributed by atoms with Gasteiger partial charge in [0.1, 0.15) is 30.1 Å². The molecule has 1 aromatic carbocycles. The van der Waals surface area contributed by atoms with Gasteiger partial charge in [-0.05, 0) is 44.7 Å². The van der Waals surface area contributed by atoms with Gasteiger partial charge in [-0.1, -0.05) is 44.2 Å². The Morgan fingerprint density at radius 2 is 1.67 bits per heavy atom. The van der Waals surface area contributed by atoms with Crippen molar-refractivity contribution in [1.29, 1.82) is 0 Å². The average Bonchev–Trinajstić information content (AvgIpc) is 3.68. The Balaban J connectivity index is 1.63. The first-order valence-electron chi connectivity index (χ1n) is 15.1. The predicted molar refractivity (Wildman–Crippen MR) is 165 cm³/mol. The second-order valence-corrected chi connectivity index (χ2v) is 11.5. The van der Waals surface area contributed by atoms with Crippen molar-refractivity contribution in [1.82, 2.24) is 45.9 Å². The molecule has 0 saturated heterocycles. The molecule has 5 amide bonds. The quantitative estimate of drug-likeness (QED) is 0.290. The number of hydrogen-bond donors (Lipinski definition) is 5. The van der Waals surface area contributed by atoms with E-state index in [4.69, 9.17) is 0 Å². The van der Waals surface area contributed by atoms with Crippen LogP contribution >= 0.6 is 0 Å². The monoisotopic (exact) mass is 619 g/mol. The summed E-state index contributed by atoms with van der Waals surface area (Å²) >= 11 is 0. The highest BCUT2D eigenvalue weighted by Crippen LogP contribution is 2.19. The van der Waals surface area contributed by atoms with Gasteiger partial charge in [0.05, 0.1) is 12.6 Å². The lowest BCUT2D eigenvalue weighted by Crippen LogP contribution is -2.54. The lowest BCUT2D eigenvalue weighted by atomic mass is 10.0. The largest absolute Gasteiger partial charge is 0.357 e. The van der Waals surface area contributed by atoms with Crippen LogP contribution < -0.4 is 21.3 Å². The summed E-state index contributed by atoms with van der Waals surface area (Å²) in [5, 5.41) is 15.7. The van der Waals surface area contributed by atoms with Crippen LogP contribution in [0.4, 0.5) is 0 Å². The molecular formula is C31H41N9O5. The van der Waals surface area contributed by atoms with E-state index in [1.807, 2.05) is 44.2 Å². The summed E-state index contributed by atoms with van der Waals surface area (Å²) < 4.78 is 1.46. The molecule has 0 saturated carbocycles. The van der Waals surface area contributed by atoms with E-state index in [1.165, 1.54) is 16.5 Å². The van der Waals surface area contributed by atoms with Crippen molar-refractivity contribution >= 4 is 29.5 Å². The maximum atomic E-state index is 13.5. The summed E-state index contributed by atoms with van der Waals surface area (Å²) in [5.74, 6) is -1.42. The number of carbonyl (C=O) groups is 5. The Kier molecular flexibility index (Phi) is 11.1. The van der Waals surface area contributed by atoms with Gasteiger partial charge in [-0.15, -0.1) is 0 Å². The molecule has 0 fully saturated rings. The van der Waals surface area contributed by atoms with Crippen molar-refractivity contribution in [3.63, 3.8) is 0 Å². The molecule has 1 aliphatic rings. The molecule has 3 aromatic rings. The zero-order valence-corrected chi connectivity index (χ0v) is 26.0. The van der Waals surface area contributed by atoms with Crippen LogP contribution in [-0.2, 0) is 25.7 Å². The van der Waals surface area contributed by atoms with Crippen molar-refractivity contribution in [2.45, 2.75) is 65.2 Å². The highest BCUT2D eigenvalue weighted by Gasteiger charge is 2.29. The fourth-order valence-electron chi connectivity index (χ4n) is 4.98. The fourth-order valence-corrected chi connectivity index (χ4v) is 4.98. The highest BCUT2D eigenvalue weighted by molar-refractivity contribution is 5.96. The molecule has 14 heteroatoms. The minimum absolute atomic E-state index is 0.0625. The summed E-state index contributed by atoms with van der Waals surface area (Å²) in [4.78, 5) is 74.6. The molecule has 0 spiro atoms. The van der Waals surface area contributed by atoms with Crippen LogP contribution in [0.1, 0.15) is 62.9 Å². The number of aromatic amines is 1. The number of benzene rings is 1. The molecule has 5 N–H and O–H groups in total. The summed E-state index contributed by atoms with van der Waals surface area (Å²) in [7, 11) is 0. The lowest BCUT2D eigenvalue weighted by molar-refractivity contribution is -0.132. The molecule has 2 aromatic heterocycles. The molecule has 3 heterocycles. The van der Waals surface area contributed by atoms with Gasteiger partial charge in [0, 0.05) is 24.8 Å². The van der Waals surface area contributed by atoms with Gasteiger partial charge in [0.15, 0.2) is 5.82 Å². The minimum Gasteiger partial charge on any atom is -0.357 e. The van der Waals surface area contributed by atoms with Gasteiger partial charge >= 0.3 is 0 Å². The summed E-state index contributed by atoms with van der Waals surface area (Å²) in [6.07, 6.45) is 2.31. The van der Waals surface area contributed by atoms with Crippen LogP contribution in [0.5, 0.6) is 0 Å². The second kappa shape index (κ2) is 15.1. The molecule has 240 valence electrons. The Morgan fingerprint density at radius 3 is 2.36 bits per heavy atom. The molecule has 14 nitrogen and oxygen atoms in total. The Labute approximate surface area is 261 Å². The summed E-state index contributed by atoms with van der Waals surface area (Å²) in [6, 6.07) is 10.0. The molecule has 0 unspecified atom stereocenters. The average molecular weight is 620 g/mol. The maximum Gasteiger partial charge on any atom is 0.270 e. The van der Waals surface area contributed by atoms with Crippen molar-refractivity contribution < 1.29 is 24.0 Å². The van der Waals surface area contributed by atoms with E-state index in [0.29, 0.717) is 30.2 Å². The predicted octanol–water partition coefficient (Wildman–Crippen LogP) is 1.15. The van der Waals surface area contributed by atoms with Crippen molar-refractivity contribution in [3.8, 4) is 11.4 Å². The second-order valence-electron chi connectivity index (χ2n) is 11.5. The number of nitrogens with zero attached hydrogens (tertiary/aromatic N) is 4. The molecule has 45 heavy (non-hydrogen) atoms. The van der Waals surface area contributed by atoms with Crippen molar-refractivity contribution in [2.24, 2.45) is 5.92 Å². The first-order chi connectivity index (χ1) is 21.5. The molecule has 1 aliphatic heterocycles. The van der Waals surface area contributed by atoms with Gasteiger partial charge in [-0.2, -0.15) is 5.10 Å². The van der Waals surface area contributed by atoms with Gasteiger partial charge in [-0.3, -0.25) is 24.0 Å². The Bertz CT molecular complexity index is 1490. The first-order valence-corrected chi connectivity index (χ1v) is 15.1. The number of H-pyrrole nitrogens is 1. The van der Waals surface area contributed by atoms with Gasteiger partial charge in [0.2, 0.25) is 23.6 Å². The van der Waals surface area contributed by atoms with E-state index in [9.17, 15) is 24.0 Å². The van der Waals surface area contributed by atoms with E-state index in [0.717, 1.165) is 5.56 Å². The molecule has 0 bridgehead atoms. The third kappa shape index (κ3) is 9.00. The van der Waals surface area contributed by atoms with E-state index < -0.39 is 41.8 Å². The van der Waals surface area contributed by atoms with E-state index in [1.54, 1.807) is 25.3 Å². The SMILES string of the molecule is CC(C)C[C@H]1NC(=O)[C@@H](C)NC(=O)CN(C(=O)c2ccc[nH]2)CCCNC(=O)Cn2nc(-c3ccccc3)nc2[C@H](C)NC1=O. The Morgan fingerprint density at radius 1 is 0.911 bits per heavy atom. The van der Waals surface area contributed by atoms with Crippen LogP contribution in [0.15, 0.2) is 48.7 Å². The van der Waals surface area contributed by atoms with Gasteiger partial charge in [-0.25, -0.2) is 9.67 Å². The van der Waals surface area contributed by atoms with E-state index >= 15 is 0 Å². The van der Waals surface area contributed by atoms with Crippen LogP contribution in [0.3, 0.4) is 0 Å². The van der Waals surface area contributed by atoms with E-state index in [2.05, 4.69) is 36.3 Å². The van der Waals surface area contributed by atoms with Crippen LogP contribution in [0.2, 0.25) is 0 Å². The number of hydrogen-bond acceptors (Lipinski definition) is 7. The highest BCUT2D eigenvalue weighted by atomic mass is 16.2. The summed E-state index contributed by atoms with van der Waals surface area (Å²) in [5.41, 5.74) is 1.05. The van der Waals surface area contributed by atoms with Crippen molar-refractivity contribution in [2.75, 3.05) is 19.6 Å². The van der Waals surface area contributed by atoms with E-state index in [-0.39, 0.29) is 38.0 Å². The topological polar surface area (TPSA) is 183 Å². The number of nitrogens with one attached hydrogen (secondary N) is 5. The molecular weight excluding hydrogens is 578 g/mol. The number of rotatable bonds is 4. The smallest absolute Gasteiger partial charge is 0.270 e.